The lowest BCUT2D eigenvalue weighted by Gasteiger charge is -2.32. The first-order chi connectivity index (χ1) is 18.3. The molecule has 2 amide bonds. The van der Waals surface area contributed by atoms with Crippen molar-refractivity contribution in [1.29, 1.82) is 0 Å². The van der Waals surface area contributed by atoms with Crippen LogP contribution in [0.15, 0.2) is 41.2 Å². The van der Waals surface area contributed by atoms with E-state index in [2.05, 4.69) is 15.3 Å². The highest BCUT2D eigenvalue weighted by molar-refractivity contribution is 6.04. The number of benzene rings is 2. The summed E-state index contributed by atoms with van der Waals surface area (Å²) in [5.74, 6) is -0.194. The van der Waals surface area contributed by atoms with Gasteiger partial charge in [0.1, 0.15) is 17.0 Å². The average molecular weight is 521 g/mol. The molecule has 1 aliphatic heterocycles. The molecule has 38 heavy (non-hydrogen) atoms. The molecule has 3 heterocycles. The third-order valence-corrected chi connectivity index (χ3v) is 7.10. The lowest BCUT2D eigenvalue weighted by atomic mass is 10.0. The van der Waals surface area contributed by atoms with Gasteiger partial charge in [0.2, 0.25) is 5.91 Å². The Balaban J connectivity index is 1.45. The lowest BCUT2D eigenvalue weighted by molar-refractivity contribution is -0.383. The number of nitro benzene ring substituents is 1. The van der Waals surface area contributed by atoms with E-state index in [1.165, 1.54) is 20.1 Å². The molecule has 1 aliphatic rings. The molecule has 2 aromatic heterocycles. The van der Waals surface area contributed by atoms with E-state index in [-0.39, 0.29) is 47.0 Å². The smallest absolute Gasteiger partial charge is 0.326 e. The Labute approximate surface area is 216 Å². The van der Waals surface area contributed by atoms with Gasteiger partial charge < -0.3 is 24.9 Å². The maximum absolute atomic E-state index is 13.7. The van der Waals surface area contributed by atoms with Crippen LogP contribution in [0, 0.1) is 10.1 Å². The van der Waals surface area contributed by atoms with Gasteiger partial charge in [0.25, 0.3) is 11.6 Å². The normalized spacial score (nSPS) is 14.2. The third-order valence-electron chi connectivity index (χ3n) is 7.10. The monoisotopic (exact) mass is 520 g/mol. The number of amides is 2. The van der Waals surface area contributed by atoms with Crippen molar-refractivity contribution in [3.05, 3.63) is 68.3 Å². The number of methoxy groups -OCH3 is 1. The van der Waals surface area contributed by atoms with Gasteiger partial charge in [-0.1, -0.05) is 12.1 Å². The molecule has 1 fully saturated rings. The zero-order valence-corrected chi connectivity index (χ0v) is 21.1. The van der Waals surface area contributed by atoms with Gasteiger partial charge in [-0.15, -0.1) is 0 Å². The number of nitro groups is 1. The summed E-state index contributed by atoms with van der Waals surface area (Å²) >= 11 is 0. The summed E-state index contributed by atoms with van der Waals surface area (Å²) in [5.41, 5.74) is 2.30. The van der Waals surface area contributed by atoms with E-state index in [0.29, 0.717) is 49.1 Å². The largest absolute Gasteiger partial charge is 0.496 e. The zero-order valence-electron chi connectivity index (χ0n) is 21.1. The predicted molar refractivity (Wildman–Crippen MR) is 141 cm³/mol. The zero-order chi connectivity index (χ0) is 27.0. The van der Waals surface area contributed by atoms with Gasteiger partial charge in [-0.3, -0.25) is 24.3 Å². The number of nitrogens with one attached hydrogen (secondary N) is 3. The molecule has 0 aliphatic carbocycles. The molecule has 0 bridgehead atoms. The number of non-ortho nitro benzene ring substituents is 1. The van der Waals surface area contributed by atoms with Crippen molar-refractivity contribution in [2.45, 2.75) is 32.2 Å². The highest BCUT2D eigenvalue weighted by Gasteiger charge is 2.30. The van der Waals surface area contributed by atoms with Gasteiger partial charge in [-0.05, 0) is 43.0 Å². The summed E-state index contributed by atoms with van der Waals surface area (Å²) in [6.07, 6.45) is 1.47. The predicted octanol–water partition coefficient (Wildman–Crippen LogP) is 2.88. The van der Waals surface area contributed by atoms with Gasteiger partial charge in [-0.25, -0.2) is 4.79 Å². The van der Waals surface area contributed by atoms with E-state index in [0.717, 1.165) is 11.0 Å². The number of aromatic nitrogens is 3. The maximum atomic E-state index is 13.7. The van der Waals surface area contributed by atoms with Crippen LogP contribution < -0.4 is 15.7 Å². The molecule has 0 unspecified atom stereocenters. The van der Waals surface area contributed by atoms with Gasteiger partial charge in [0, 0.05) is 38.0 Å². The second kappa shape index (κ2) is 10.0. The molecule has 3 N–H and O–H groups in total. The number of rotatable bonds is 7. The molecule has 0 spiro atoms. The number of para-hydroxylation sites is 2. The Morgan fingerprint density at radius 2 is 1.92 bits per heavy atom. The van der Waals surface area contributed by atoms with E-state index in [4.69, 9.17) is 4.74 Å². The van der Waals surface area contributed by atoms with Crippen LogP contribution in [0.1, 0.15) is 41.9 Å². The SMILES string of the molecule is COc1cc([N+](=O)[O-])c2[nH]c(C(=O)N3CCC(n4c(=O)[nH]c5ccccc54)CC3)c(CCNC(C)=O)c2c1. The fraction of sp³-hybridized carbons (Fsp3) is 0.346. The number of aromatic amines is 2. The number of carbonyl (C=O) groups is 2. The maximum Gasteiger partial charge on any atom is 0.326 e. The highest BCUT2D eigenvalue weighted by atomic mass is 16.6. The Hall–Kier alpha value is -4.61. The van der Waals surface area contributed by atoms with Crippen molar-refractivity contribution < 1.29 is 19.2 Å². The number of hydrogen-bond donors (Lipinski definition) is 3. The Bertz CT molecular complexity index is 1610. The van der Waals surface area contributed by atoms with Crippen LogP contribution in [0.25, 0.3) is 21.9 Å². The van der Waals surface area contributed by atoms with Crippen molar-refractivity contribution in [3.63, 3.8) is 0 Å². The van der Waals surface area contributed by atoms with Gasteiger partial charge in [-0.2, -0.15) is 0 Å². The second-order valence-electron chi connectivity index (χ2n) is 9.38. The van der Waals surface area contributed by atoms with Crippen LogP contribution in [-0.2, 0) is 11.2 Å². The lowest BCUT2D eigenvalue weighted by Crippen LogP contribution is -2.41. The molecular formula is C26H28N6O6. The minimum Gasteiger partial charge on any atom is -0.496 e. The second-order valence-corrected chi connectivity index (χ2v) is 9.38. The Morgan fingerprint density at radius 1 is 1.18 bits per heavy atom. The van der Waals surface area contributed by atoms with Gasteiger partial charge >= 0.3 is 5.69 Å². The topological polar surface area (TPSA) is 155 Å². The molecular weight excluding hydrogens is 492 g/mol. The van der Waals surface area contributed by atoms with Crippen molar-refractivity contribution in [3.8, 4) is 5.75 Å². The minimum atomic E-state index is -0.516. The molecule has 0 saturated carbocycles. The van der Waals surface area contributed by atoms with E-state index in [1.807, 2.05) is 24.3 Å². The molecule has 198 valence electrons. The number of likely N-dealkylation sites (tertiary alicyclic amines) is 1. The van der Waals surface area contributed by atoms with Crippen LogP contribution in [0.5, 0.6) is 5.75 Å². The number of ether oxygens (including phenoxy) is 1. The molecule has 0 atom stereocenters. The van der Waals surface area contributed by atoms with E-state index in [9.17, 15) is 24.5 Å². The summed E-state index contributed by atoms with van der Waals surface area (Å²) in [6, 6.07) is 10.4. The summed E-state index contributed by atoms with van der Waals surface area (Å²) in [7, 11) is 1.42. The number of imidazole rings is 1. The molecule has 5 rings (SSSR count). The fourth-order valence-corrected chi connectivity index (χ4v) is 5.30. The van der Waals surface area contributed by atoms with E-state index >= 15 is 0 Å². The first-order valence-corrected chi connectivity index (χ1v) is 12.4. The number of nitrogens with zero attached hydrogens (tertiary/aromatic N) is 3. The van der Waals surface area contributed by atoms with E-state index < -0.39 is 4.92 Å². The van der Waals surface area contributed by atoms with Gasteiger partial charge in [0.15, 0.2) is 0 Å². The average Bonchev–Trinajstić information content (AvgIpc) is 3.44. The van der Waals surface area contributed by atoms with Crippen LogP contribution in [0.2, 0.25) is 0 Å². The number of fused-ring (bicyclic) bond motifs is 2. The van der Waals surface area contributed by atoms with Crippen LogP contribution in [0.3, 0.4) is 0 Å². The molecule has 1 saturated heterocycles. The Kier molecular flexibility index (Phi) is 6.62. The fourth-order valence-electron chi connectivity index (χ4n) is 5.30. The molecule has 4 aromatic rings. The summed E-state index contributed by atoms with van der Waals surface area (Å²) in [4.78, 5) is 56.7. The molecule has 12 nitrogen and oxygen atoms in total. The standard InChI is InChI=1S/C26H28N6O6/c1-15(33)27-10-7-18-19-13-17(38-2)14-22(32(36)37)23(19)29-24(18)25(34)30-11-8-16(9-12-30)31-21-6-4-3-5-20(21)28-26(31)35/h3-6,13-14,16,29H,7-12H2,1-2H3,(H,27,33)(H,28,35). The van der Waals surface area contributed by atoms with Gasteiger partial charge in [0.05, 0.1) is 29.1 Å². The van der Waals surface area contributed by atoms with Crippen molar-refractivity contribution >= 4 is 39.4 Å². The first-order valence-electron chi connectivity index (χ1n) is 12.4. The quantitative estimate of drug-likeness (QED) is 0.251. The number of piperidine rings is 1. The first kappa shape index (κ1) is 25.1. The summed E-state index contributed by atoms with van der Waals surface area (Å²) < 4.78 is 7.03. The Morgan fingerprint density at radius 3 is 2.61 bits per heavy atom. The number of hydrogen-bond acceptors (Lipinski definition) is 6. The summed E-state index contributed by atoms with van der Waals surface area (Å²) in [5, 5.41) is 15.0. The van der Waals surface area contributed by atoms with E-state index in [1.54, 1.807) is 15.5 Å². The van der Waals surface area contributed by atoms with Crippen molar-refractivity contribution in [2.24, 2.45) is 0 Å². The third kappa shape index (κ3) is 4.49. The van der Waals surface area contributed by atoms with Crippen LogP contribution >= 0.6 is 0 Å². The van der Waals surface area contributed by atoms with Crippen LogP contribution in [-0.4, -0.2) is 62.9 Å². The number of H-pyrrole nitrogens is 2. The molecule has 2 aromatic carbocycles. The minimum absolute atomic E-state index is 0.0602. The van der Waals surface area contributed by atoms with Crippen molar-refractivity contribution in [1.82, 2.24) is 24.8 Å². The molecule has 12 heteroatoms. The summed E-state index contributed by atoms with van der Waals surface area (Å²) in [6.45, 7) is 2.50. The van der Waals surface area contributed by atoms with Crippen LogP contribution in [0.4, 0.5) is 5.69 Å². The van der Waals surface area contributed by atoms with Crippen molar-refractivity contribution in [2.75, 3.05) is 26.7 Å². The highest BCUT2D eigenvalue weighted by Crippen LogP contribution is 2.35. The number of carbonyl (C=O) groups excluding carboxylic acids is 2. The molecule has 0 radical (unpaired) electrons.